The van der Waals surface area contributed by atoms with Gasteiger partial charge in [-0.05, 0) is 62.4 Å². The molecule has 0 aliphatic carbocycles. The minimum atomic E-state index is -0.423. The Morgan fingerprint density at radius 3 is 1.88 bits per heavy atom. The van der Waals surface area contributed by atoms with Crippen molar-refractivity contribution in [3.63, 3.8) is 0 Å². The second-order valence-corrected chi connectivity index (χ2v) is 8.35. The molecule has 0 spiro atoms. The zero-order valence-corrected chi connectivity index (χ0v) is 18.3. The Labute approximate surface area is 209 Å². The molecule has 34 heavy (non-hydrogen) atoms. The van der Waals surface area contributed by atoms with Crippen molar-refractivity contribution in [1.82, 2.24) is 0 Å². The Balaban J connectivity index is 1.88. The highest BCUT2D eigenvalue weighted by molar-refractivity contribution is 6.25. The summed E-state index contributed by atoms with van der Waals surface area (Å²) in [5, 5.41) is 2.27. The van der Waals surface area contributed by atoms with Gasteiger partial charge in [0.05, 0.1) is 11.0 Å². The van der Waals surface area contributed by atoms with Crippen molar-refractivity contribution in [3.8, 4) is 22.3 Å². The van der Waals surface area contributed by atoms with Crippen LogP contribution in [0.15, 0.2) is 119 Å². The molecule has 7 aromatic rings. The maximum Gasteiger partial charge on any atom is 0.138 e. The van der Waals surface area contributed by atoms with E-state index < -0.39 is 24.2 Å². The van der Waals surface area contributed by atoms with Gasteiger partial charge in [0.15, 0.2) is 0 Å². The summed E-state index contributed by atoms with van der Waals surface area (Å²) < 4.78 is 77.0. The van der Waals surface area contributed by atoms with Gasteiger partial charge in [0.1, 0.15) is 11.2 Å². The van der Waals surface area contributed by atoms with Gasteiger partial charge < -0.3 is 4.42 Å². The van der Waals surface area contributed by atoms with Gasteiger partial charge in [-0.2, -0.15) is 0 Å². The highest BCUT2D eigenvalue weighted by Gasteiger charge is 2.20. The summed E-state index contributed by atoms with van der Waals surface area (Å²) in [5.74, 6) is 0. The first-order valence-corrected chi connectivity index (χ1v) is 11.1. The largest absolute Gasteiger partial charge is 0.456 e. The molecule has 0 N–H and O–H groups in total. The van der Waals surface area contributed by atoms with Crippen LogP contribution in [-0.2, 0) is 0 Å². The third-order valence-corrected chi connectivity index (χ3v) is 6.43. The number of hydrogen-bond donors (Lipinski definition) is 0. The number of aryl methyl sites for hydroxylation is 1. The smallest absolute Gasteiger partial charge is 0.138 e. The standard InChI is InChI=1S/C33H22O/c1-21-11-9-19-28-32-27(18-10-20-29(32)34-33(21)28)31-25-16-7-5-14-23(25)30(22-12-3-2-4-13-22)24-15-6-8-17-26(24)31/h2-20H,1H3/i5D,6D,7D,8D,14D,15D,16D,17D. The van der Waals surface area contributed by atoms with Crippen molar-refractivity contribution < 1.29 is 15.4 Å². The Hall–Kier alpha value is -4.36. The molecule has 7 rings (SSSR count). The van der Waals surface area contributed by atoms with E-state index in [9.17, 15) is 0 Å². The summed E-state index contributed by atoms with van der Waals surface area (Å²) in [4.78, 5) is 0. The Bertz CT molecular complexity index is 2210. The first kappa shape index (κ1) is 12.8. The first-order valence-electron chi connectivity index (χ1n) is 15.1. The fraction of sp³-hybridized carbons (Fsp3) is 0.0303. The quantitative estimate of drug-likeness (QED) is 0.243. The van der Waals surface area contributed by atoms with Crippen molar-refractivity contribution in [1.29, 1.82) is 0 Å². The van der Waals surface area contributed by atoms with E-state index in [2.05, 4.69) is 0 Å². The van der Waals surface area contributed by atoms with Crippen LogP contribution in [0.25, 0.3) is 65.7 Å². The van der Waals surface area contributed by atoms with Crippen molar-refractivity contribution in [2.75, 3.05) is 0 Å². The van der Waals surface area contributed by atoms with E-state index in [0.29, 0.717) is 38.8 Å². The van der Waals surface area contributed by atoms with E-state index in [0.717, 1.165) is 10.9 Å². The Kier molecular flexibility index (Phi) is 2.75. The van der Waals surface area contributed by atoms with Crippen LogP contribution >= 0.6 is 0 Å². The van der Waals surface area contributed by atoms with Gasteiger partial charge in [-0.1, -0.05) is 109 Å². The van der Waals surface area contributed by atoms with Gasteiger partial charge in [-0.15, -0.1) is 0 Å². The molecule has 160 valence electrons. The highest BCUT2D eigenvalue weighted by Crippen LogP contribution is 2.46. The summed E-state index contributed by atoms with van der Waals surface area (Å²) in [7, 11) is 0. The van der Waals surface area contributed by atoms with Gasteiger partial charge in [0, 0.05) is 10.8 Å². The summed E-state index contributed by atoms with van der Waals surface area (Å²) in [5.41, 5.74) is 3.95. The molecule has 6 aromatic carbocycles. The molecule has 0 saturated heterocycles. The first-order chi connectivity index (χ1) is 20.1. The molecule has 0 radical (unpaired) electrons. The molecule has 1 aromatic heterocycles. The van der Waals surface area contributed by atoms with E-state index in [-0.39, 0.29) is 45.7 Å². The van der Waals surface area contributed by atoms with Crippen molar-refractivity contribution in [3.05, 3.63) is 121 Å². The van der Waals surface area contributed by atoms with Crippen molar-refractivity contribution in [2.24, 2.45) is 0 Å². The second-order valence-electron chi connectivity index (χ2n) is 8.35. The van der Waals surface area contributed by atoms with E-state index in [1.54, 1.807) is 30.3 Å². The normalized spacial score (nSPS) is 15.0. The molecule has 0 bridgehead atoms. The molecular weight excluding hydrogens is 412 g/mol. The minimum Gasteiger partial charge on any atom is -0.456 e. The van der Waals surface area contributed by atoms with Crippen molar-refractivity contribution >= 4 is 43.5 Å². The molecule has 0 unspecified atom stereocenters. The lowest BCUT2D eigenvalue weighted by Crippen LogP contribution is -1.91. The second kappa shape index (κ2) is 7.33. The topological polar surface area (TPSA) is 13.1 Å². The van der Waals surface area contributed by atoms with E-state index >= 15 is 0 Å². The number of benzene rings is 6. The summed E-state index contributed by atoms with van der Waals surface area (Å²) in [6.45, 7) is 1.94. The van der Waals surface area contributed by atoms with Crippen LogP contribution in [0.4, 0.5) is 0 Å². The Morgan fingerprint density at radius 2 is 1.21 bits per heavy atom. The lowest BCUT2D eigenvalue weighted by atomic mass is 9.85. The van der Waals surface area contributed by atoms with Crippen LogP contribution < -0.4 is 0 Å². The third-order valence-electron chi connectivity index (χ3n) is 6.43. The van der Waals surface area contributed by atoms with Gasteiger partial charge in [0.25, 0.3) is 0 Å². The molecule has 0 fully saturated rings. The third kappa shape index (κ3) is 2.67. The number of para-hydroxylation sites is 1. The van der Waals surface area contributed by atoms with Crippen LogP contribution in [0.3, 0.4) is 0 Å². The molecule has 1 heteroatoms. The number of rotatable bonds is 2. The zero-order chi connectivity index (χ0) is 29.6. The lowest BCUT2D eigenvalue weighted by molar-refractivity contribution is 0.666. The van der Waals surface area contributed by atoms with Crippen LogP contribution in [0, 0.1) is 6.92 Å². The van der Waals surface area contributed by atoms with Crippen LogP contribution in [0.1, 0.15) is 16.5 Å². The summed E-state index contributed by atoms with van der Waals surface area (Å²) >= 11 is 0. The van der Waals surface area contributed by atoms with E-state index in [1.165, 1.54) is 0 Å². The summed E-state index contributed by atoms with van der Waals surface area (Å²) in [6, 6.07) is 17.4. The number of furan rings is 1. The molecule has 0 aliphatic rings. The fourth-order valence-corrected chi connectivity index (χ4v) is 4.98. The lowest BCUT2D eigenvalue weighted by Gasteiger charge is -2.18. The molecular formula is C33H22O. The van der Waals surface area contributed by atoms with E-state index in [1.807, 2.05) is 43.3 Å². The van der Waals surface area contributed by atoms with Crippen LogP contribution in [-0.4, -0.2) is 0 Å². The molecule has 1 nitrogen and oxygen atoms in total. The highest BCUT2D eigenvalue weighted by atomic mass is 16.3. The fourth-order valence-electron chi connectivity index (χ4n) is 4.98. The van der Waals surface area contributed by atoms with E-state index in [4.69, 9.17) is 15.4 Å². The van der Waals surface area contributed by atoms with Gasteiger partial charge >= 0.3 is 0 Å². The maximum absolute atomic E-state index is 9.13. The number of fused-ring (bicyclic) bond motifs is 5. The number of hydrogen-bond acceptors (Lipinski definition) is 1. The molecule has 0 atom stereocenters. The zero-order valence-electron chi connectivity index (χ0n) is 26.3. The maximum atomic E-state index is 9.13. The van der Waals surface area contributed by atoms with Gasteiger partial charge in [-0.25, -0.2) is 0 Å². The SMILES string of the molecule is [2H]c1c([2H])c([2H])c2c(-c3cccc4oc5c(C)cccc5c34)c3c([2H])c([2H])c([2H])c([2H])c3c(-c3ccccc3)c2c1[2H]. The van der Waals surface area contributed by atoms with Gasteiger partial charge in [0.2, 0.25) is 0 Å². The molecule has 1 heterocycles. The monoisotopic (exact) mass is 442 g/mol. The molecule has 0 aliphatic heterocycles. The van der Waals surface area contributed by atoms with Crippen LogP contribution in [0.2, 0.25) is 0 Å². The minimum absolute atomic E-state index is 0.187. The predicted octanol–water partition coefficient (Wildman–Crippen LogP) is 9.53. The molecule has 0 amide bonds. The average molecular weight is 443 g/mol. The van der Waals surface area contributed by atoms with Crippen LogP contribution in [0.5, 0.6) is 0 Å². The predicted molar refractivity (Wildman–Crippen MR) is 144 cm³/mol. The molecule has 0 saturated carbocycles. The van der Waals surface area contributed by atoms with Gasteiger partial charge in [-0.3, -0.25) is 0 Å². The summed E-state index contributed by atoms with van der Waals surface area (Å²) in [6.07, 6.45) is 0. The Morgan fingerprint density at radius 1 is 0.588 bits per heavy atom. The van der Waals surface area contributed by atoms with Crippen molar-refractivity contribution in [2.45, 2.75) is 6.92 Å². The average Bonchev–Trinajstić information content (AvgIpc) is 3.40.